The summed E-state index contributed by atoms with van der Waals surface area (Å²) in [5, 5.41) is 7.92. The molecule has 2 aromatic heterocycles. The molecule has 0 unspecified atom stereocenters. The van der Waals surface area contributed by atoms with Gasteiger partial charge < -0.3 is 14.4 Å². The van der Waals surface area contributed by atoms with Crippen LogP contribution in [0.4, 0.5) is 5.69 Å². The van der Waals surface area contributed by atoms with Gasteiger partial charge in [-0.3, -0.25) is 4.79 Å². The normalized spacial score (nSPS) is 10.9. The minimum Gasteiger partial charge on any atom is -0.350 e. The third kappa shape index (κ3) is 2.92. The van der Waals surface area contributed by atoms with Crippen LogP contribution in [0.15, 0.2) is 71.4 Å². The van der Waals surface area contributed by atoms with Crippen LogP contribution in [-0.2, 0) is 6.54 Å². The molecule has 124 valence electrons. The average molecular weight is 331 g/mol. The summed E-state index contributed by atoms with van der Waals surface area (Å²) in [4.78, 5) is 12.4. The number of fused-ring (bicyclic) bond motifs is 1. The molecule has 0 radical (unpaired) electrons. The smallest absolute Gasteiger partial charge is 0.294 e. The molecule has 0 bridgehead atoms. The second-order valence-electron chi connectivity index (χ2n) is 5.77. The number of hydrogen-bond donors (Lipinski definition) is 1. The van der Waals surface area contributed by atoms with Crippen molar-refractivity contribution in [2.45, 2.75) is 13.5 Å². The number of anilines is 1. The number of benzene rings is 2. The van der Waals surface area contributed by atoms with Crippen molar-refractivity contribution in [1.82, 2.24) is 9.72 Å². The Hall–Kier alpha value is -3.34. The predicted octanol–water partition coefficient (Wildman–Crippen LogP) is 4.57. The van der Waals surface area contributed by atoms with Gasteiger partial charge >= 0.3 is 0 Å². The van der Waals surface area contributed by atoms with Crippen LogP contribution >= 0.6 is 0 Å². The molecule has 0 saturated heterocycles. The van der Waals surface area contributed by atoms with E-state index >= 15 is 0 Å². The van der Waals surface area contributed by atoms with Crippen molar-refractivity contribution in [3.05, 3.63) is 72.6 Å². The molecule has 5 nitrogen and oxygen atoms in total. The van der Waals surface area contributed by atoms with Gasteiger partial charge in [-0.15, -0.1) is 0 Å². The van der Waals surface area contributed by atoms with Crippen molar-refractivity contribution in [3.8, 4) is 11.3 Å². The second kappa shape index (κ2) is 6.28. The van der Waals surface area contributed by atoms with Crippen LogP contribution in [0.2, 0.25) is 0 Å². The Labute approximate surface area is 144 Å². The number of rotatable bonds is 4. The molecule has 0 fully saturated rings. The lowest BCUT2D eigenvalue weighted by atomic mass is 10.1. The summed E-state index contributed by atoms with van der Waals surface area (Å²) in [6.07, 6.45) is 2.04. The molecule has 2 heterocycles. The topological polar surface area (TPSA) is 60.1 Å². The van der Waals surface area contributed by atoms with Crippen molar-refractivity contribution in [3.63, 3.8) is 0 Å². The molecule has 4 aromatic rings. The maximum absolute atomic E-state index is 12.4. The Morgan fingerprint density at radius 2 is 1.96 bits per heavy atom. The number of hydrogen-bond acceptors (Lipinski definition) is 3. The Morgan fingerprint density at radius 3 is 2.76 bits per heavy atom. The van der Waals surface area contributed by atoms with Gasteiger partial charge in [0.1, 0.15) is 5.69 Å². The molecule has 5 heteroatoms. The number of aryl methyl sites for hydroxylation is 1. The lowest BCUT2D eigenvalue weighted by Gasteiger charge is -2.04. The summed E-state index contributed by atoms with van der Waals surface area (Å²) in [5.74, 6) is -0.131. The van der Waals surface area contributed by atoms with Crippen LogP contribution in [0.3, 0.4) is 0 Å². The maximum Gasteiger partial charge on any atom is 0.294 e. The highest BCUT2D eigenvalue weighted by molar-refractivity contribution is 6.03. The Morgan fingerprint density at radius 1 is 1.12 bits per heavy atom. The average Bonchev–Trinajstić information content (AvgIpc) is 3.29. The first-order valence-electron chi connectivity index (χ1n) is 8.17. The van der Waals surface area contributed by atoms with E-state index < -0.39 is 0 Å². The highest BCUT2D eigenvalue weighted by Gasteiger charge is 2.14. The van der Waals surface area contributed by atoms with Crippen molar-refractivity contribution in [2.24, 2.45) is 0 Å². The number of nitrogens with one attached hydrogen (secondary N) is 1. The standard InChI is InChI=1S/C20H17N3O2/c1-2-23-11-10-15-12-16(8-9-18(15)23)21-20(24)19-13-17(22-25-19)14-6-4-3-5-7-14/h3-13H,2H2,1H3,(H,21,24). The molecular weight excluding hydrogens is 314 g/mol. The monoisotopic (exact) mass is 331 g/mol. The molecule has 0 saturated carbocycles. The zero-order valence-corrected chi connectivity index (χ0v) is 13.8. The van der Waals surface area contributed by atoms with E-state index in [1.165, 1.54) is 0 Å². The molecule has 0 aliphatic rings. The van der Waals surface area contributed by atoms with E-state index in [4.69, 9.17) is 4.52 Å². The zero-order valence-electron chi connectivity index (χ0n) is 13.8. The van der Waals surface area contributed by atoms with E-state index in [-0.39, 0.29) is 11.7 Å². The van der Waals surface area contributed by atoms with Gasteiger partial charge in [-0.05, 0) is 31.2 Å². The van der Waals surface area contributed by atoms with E-state index in [9.17, 15) is 4.79 Å². The molecule has 1 N–H and O–H groups in total. The lowest BCUT2D eigenvalue weighted by molar-refractivity contribution is 0.0988. The minimum absolute atomic E-state index is 0.185. The van der Waals surface area contributed by atoms with E-state index in [1.54, 1.807) is 6.07 Å². The van der Waals surface area contributed by atoms with Crippen molar-refractivity contribution in [1.29, 1.82) is 0 Å². The van der Waals surface area contributed by atoms with Gasteiger partial charge in [0, 0.05) is 41.0 Å². The molecule has 0 atom stereocenters. The molecule has 25 heavy (non-hydrogen) atoms. The number of carbonyl (C=O) groups excluding carboxylic acids is 1. The van der Waals surface area contributed by atoms with Crippen LogP contribution in [0.1, 0.15) is 17.5 Å². The van der Waals surface area contributed by atoms with Crippen molar-refractivity contribution >= 4 is 22.5 Å². The van der Waals surface area contributed by atoms with Crippen LogP contribution < -0.4 is 5.32 Å². The highest BCUT2D eigenvalue weighted by Crippen LogP contribution is 2.22. The SMILES string of the molecule is CCn1ccc2cc(NC(=O)c3cc(-c4ccccc4)no3)ccc21. The number of aromatic nitrogens is 2. The summed E-state index contributed by atoms with van der Waals surface area (Å²) in [5.41, 5.74) is 3.42. The fourth-order valence-electron chi connectivity index (χ4n) is 2.87. The predicted molar refractivity (Wildman–Crippen MR) is 97.5 cm³/mol. The first kappa shape index (κ1) is 15.2. The third-order valence-electron chi connectivity index (χ3n) is 4.17. The van der Waals surface area contributed by atoms with E-state index in [2.05, 4.69) is 22.0 Å². The molecule has 0 spiro atoms. The zero-order chi connectivity index (χ0) is 17.2. The highest BCUT2D eigenvalue weighted by atomic mass is 16.5. The molecule has 0 aliphatic carbocycles. The quantitative estimate of drug-likeness (QED) is 0.596. The van der Waals surface area contributed by atoms with Gasteiger partial charge in [-0.2, -0.15) is 0 Å². The van der Waals surface area contributed by atoms with E-state index in [0.717, 1.165) is 28.7 Å². The first-order valence-corrected chi connectivity index (χ1v) is 8.17. The van der Waals surface area contributed by atoms with Crippen LogP contribution in [0.25, 0.3) is 22.2 Å². The van der Waals surface area contributed by atoms with Crippen LogP contribution in [0, 0.1) is 0 Å². The van der Waals surface area contributed by atoms with E-state index in [0.29, 0.717) is 5.69 Å². The van der Waals surface area contributed by atoms with Gasteiger partial charge in [-0.25, -0.2) is 0 Å². The number of carbonyl (C=O) groups is 1. The summed E-state index contributed by atoms with van der Waals surface area (Å²) in [6.45, 7) is 3.01. The fourth-order valence-corrected chi connectivity index (χ4v) is 2.87. The maximum atomic E-state index is 12.4. The Balaban J connectivity index is 1.55. The van der Waals surface area contributed by atoms with Gasteiger partial charge in [0.2, 0.25) is 5.76 Å². The summed E-state index contributed by atoms with van der Waals surface area (Å²) in [7, 11) is 0. The van der Waals surface area contributed by atoms with Gasteiger partial charge in [0.25, 0.3) is 5.91 Å². The van der Waals surface area contributed by atoms with Crippen molar-refractivity contribution < 1.29 is 9.32 Å². The van der Waals surface area contributed by atoms with Crippen molar-refractivity contribution in [2.75, 3.05) is 5.32 Å². The Kier molecular flexibility index (Phi) is 3.82. The Bertz CT molecular complexity index is 1030. The first-order chi connectivity index (χ1) is 12.2. The molecular formula is C20H17N3O2. The number of amides is 1. The fraction of sp³-hybridized carbons (Fsp3) is 0.100. The summed E-state index contributed by atoms with van der Waals surface area (Å²) < 4.78 is 7.35. The minimum atomic E-state index is -0.316. The third-order valence-corrected chi connectivity index (χ3v) is 4.17. The molecule has 0 aliphatic heterocycles. The van der Waals surface area contributed by atoms with Gasteiger partial charge in [-0.1, -0.05) is 35.5 Å². The molecule has 4 rings (SSSR count). The number of nitrogens with zero attached hydrogens (tertiary/aromatic N) is 2. The van der Waals surface area contributed by atoms with Crippen LogP contribution in [-0.4, -0.2) is 15.6 Å². The molecule has 1 amide bonds. The molecule has 2 aromatic carbocycles. The lowest BCUT2D eigenvalue weighted by Crippen LogP contribution is -2.10. The summed E-state index contributed by atoms with van der Waals surface area (Å²) >= 11 is 0. The second-order valence-corrected chi connectivity index (χ2v) is 5.77. The summed E-state index contributed by atoms with van der Waals surface area (Å²) in [6, 6.07) is 19.1. The van der Waals surface area contributed by atoms with Crippen LogP contribution in [0.5, 0.6) is 0 Å². The van der Waals surface area contributed by atoms with Gasteiger partial charge in [0.05, 0.1) is 0 Å². The van der Waals surface area contributed by atoms with Gasteiger partial charge in [0.15, 0.2) is 0 Å². The largest absolute Gasteiger partial charge is 0.350 e. The van der Waals surface area contributed by atoms with E-state index in [1.807, 2.05) is 60.8 Å².